The minimum Gasteiger partial charge on any atom is -0.508 e. The van der Waals surface area contributed by atoms with E-state index in [1.54, 1.807) is 6.92 Å². The fourth-order valence-electron chi connectivity index (χ4n) is 2.46. The van der Waals surface area contributed by atoms with E-state index >= 15 is 0 Å². The second-order valence-electron chi connectivity index (χ2n) is 5.55. The Labute approximate surface area is 163 Å². The molecule has 0 aliphatic rings. The van der Waals surface area contributed by atoms with Crippen molar-refractivity contribution >= 4 is 49.6 Å². The fraction of sp³-hybridized carbons (Fsp3) is 0.0625. The number of azo groups is 1. The van der Waals surface area contributed by atoms with Gasteiger partial charge < -0.3 is 9.52 Å². The van der Waals surface area contributed by atoms with Crippen molar-refractivity contribution in [3.05, 3.63) is 71.0 Å². The maximum absolute atomic E-state index is 12.2. The van der Waals surface area contributed by atoms with E-state index in [0.29, 0.717) is 10.9 Å². The zero-order chi connectivity index (χ0) is 20.6. The summed E-state index contributed by atoms with van der Waals surface area (Å²) in [5.41, 5.74) is -1.98. The molecule has 0 saturated carbocycles. The van der Waals surface area contributed by atoms with Crippen LogP contribution in [0.15, 0.2) is 54.2 Å². The zero-order valence-corrected chi connectivity index (χ0v) is 15.5. The summed E-state index contributed by atoms with van der Waals surface area (Å²) in [5, 5.41) is 39.7. The SMILES string of the molecule is Cc1c(N=Nc2c(Br)cc([N+](=O)[O-])cc2[N+](=O)[O-])c(=O)oc2cc(O)ccc12. The van der Waals surface area contributed by atoms with E-state index in [4.69, 9.17) is 4.42 Å². The molecule has 3 aromatic rings. The van der Waals surface area contributed by atoms with Gasteiger partial charge in [0, 0.05) is 17.5 Å². The smallest absolute Gasteiger partial charge is 0.364 e. The van der Waals surface area contributed by atoms with Crippen molar-refractivity contribution < 1.29 is 19.4 Å². The molecule has 1 N–H and O–H groups in total. The van der Waals surface area contributed by atoms with Gasteiger partial charge in [0.1, 0.15) is 11.3 Å². The first kappa shape index (κ1) is 19.1. The first-order valence-electron chi connectivity index (χ1n) is 7.49. The minimum atomic E-state index is -0.861. The summed E-state index contributed by atoms with van der Waals surface area (Å²) in [5.74, 6) is -0.0881. The first-order chi connectivity index (χ1) is 13.2. The highest BCUT2D eigenvalue weighted by atomic mass is 79.9. The van der Waals surface area contributed by atoms with E-state index in [0.717, 1.165) is 12.1 Å². The van der Waals surface area contributed by atoms with E-state index < -0.39 is 26.8 Å². The molecule has 0 bridgehead atoms. The number of nitro groups is 2. The number of phenols is 1. The van der Waals surface area contributed by atoms with E-state index in [2.05, 4.69) is 26.2 Å². The minimum absolute atomic E-state index is 0.0371. The molecule has 0 fully saturated rings. The van der Waals surface area contributed by atoms with Crippen molar-refractivity contribution in [2.45, 2.75) is 6.92 Å². The summed E-state index contributed by atoms with van der Waals surface area (Å²) in [6, 6.07) is 5.97. The molecule has 0 atom stereocenters. The number of non-ortho nitro benzene ring substituents is 1. The molecule has 0 spiro atoms. The second kappa shape index (κ2) is 7.15. The Balaban J connectivity index is 2.17. The highest BCUT2D eigenvalue weighted by Gasteiger charge is 2.24. The maximum atomic E-state index is 12.2. The number of hydrogen-bond acceptors (Lipinski definition) is 9. The summed E-state index contributed by atoms with van der Waals surface area (Å²) < 4.78 is 5.06. The molecule has 142 valence electrons. The summed E-state index contributed by atoms with van der Waals surface area (Å²) in [7, 11) is 0. The molecule has 1 heterocycles. The predicted molar refractivity (Wildman–Crippen MR) is 101 cm³/mol. The van der Waals surface area contributed by atoms with E-state index in [9.17, 15) is 30.1 Å². The second-order valence-corrected chi connectivity index (χ2v) is 6.41. The zero-order valence-electron chi connectivity index (χ0n) is 14.0. The molecule has 11 nitrogen and oxygen atoms in total. The maximum Gasteiger partial charge on any atom is 0.364 e. The van der Waals surface area contributed by atoms with Crippen LogP contribution in [0.4, 0.5) is 22.7 Å². The molecule has 0 aliphatic carbocycles. The Hall–Kier alpha value is -3.67. The summed E-state index contributed by atoms with van der Waals surface area (Å²) in [6.07, 6.45) is 0. The highest BCUT2D eigenvalue weighted by Crippen LogP contribution is 2.40. The van der Waals surface area contributed by atoms with Crippen LogP contribution in [0.3, 0.4) is 0 Å². The number of aromatic hydroxyl groups is 1. The quantitative estimate of drug-likeness (QED) is 0.259. The molecule has 3 rings (SSSR count). The average Bonchev–Trinajstić information content (AvgIpc) is 2.61. The van der Waals surface area contributed by atoms with Crippen molar-refractivity contribution in [3.8, 4) is 5.75 Å². The number of phenolic OH excluding ortho intramolecular Hbond substituents is 1. The molecule has 1 aromatic heterocycles. The molecule has 0 aliphatic heterocycles. The highest BCUT2D eigenvalue weighted by molar-refractivity contribution is 9.10. The molecular formula is C16H9BrN4O7. The molecular weight excluding hydrogens is 440 g/mol. The molecule has 28 heavy (non-hydrogen) atoms. The third-order valence-corrected chi connectivity index (χ3v) is 4.41. The first-order valence-corrected chi connectivity index (χ1v) is 8.29. The van der Waals surface area contributed by atoms with Gasteiger partial charge in [-0.25, -0.2) is 4.79 Å². The van der Waals surface area contributed by atoms with Gasteiger partial charge in [-0.15, -0.1) is 10.2 Å². The van der Waals surface area contributed by atoms with E-state index in [1.807, 2.05) is 0 Å². The van der Waals surface area contributed by atoms with Crippen LogP contribution in [0.25, 0.3) is 11.0 Å². The van der Waals surface area contributed by atoms with Crippen molar-refractivity contribution in [2.24, 2.45) is 10.2 Å². The Bertz CT molecular complexity index is 1240. The summed E-state index contributed by atoms with van der Waals surface area (Å²) in [6.45, 7) is 1.57. The lowest BCUT2D eigenvalue weighted by molar-refractivity contribution is -0.393. The van der Waals surface area contributed by atoms with Crippen LogP contribution in [-0.4, -0.2) is 15.0 Å². The van der Waals surface area contributed by atoms with Gasteiger partial charge in [-0.1, -0.05) is 0 Å². The van der Waals surface area contributed by atoms with Crippen LogP contribution < -0.4 is 5.63 Å². The van der Waals surface area contributed by atoms with Crippen molar-refractivity contribution in [2.75, 3.05) is 0 Å². The van der Waals surface area contributed by atoms with Gasteiger partial charge in [-0.2, -0.15) is 0 Å². The number of halogens is 1. The van der Waals surface area contributed by atoms with Crippen LogP contribution in [0.1, 0.15) is 5.56 Å². The third-order valence-electron chi connectivity index (χ3n) is 3.81. The van der Waals surface area contributed by atoms with Crippen molar-refractivity contribution in [3.63, 3.8) is 0 Å². The van der Waals surface area contributed by atoms with Crippen LogP contribution >= 0.6 is 15.9 Å². The van der Waals surface area contributed by atoms with Gasteiger partial charge >= 0.3 is 11.3 Å². The monoisotopic (exact) mass is 448 g/mol. The predicted octanol–water partition coefficient (Wildman–Crippen LogP) is 4.80. The summed E-state index contributed by atoms with van der Waals surface area (Å²) >= 11 is 3.00. The van der Waals surface area contributed by atoms with Crippen molar-refractivity contribution in [1.29, 1.82) is 0 Å². The van der Waals surface area contributed by atoms with Crippen LogP contribution in [0.2, 0.25) is 0 Å². The Kier molecular flexibility index (Phi) is 4.88. The normalized spacial score (nSPS) is 11.2. The van der Waals surface area contributed by atoms with Gasteiger partial charge in [-0.3, -0.25) is 20.2 Å². The van der Waals surface area contributed by atoms with Crippen molar-refractivity contribution in [1.82, 2.24) is 0 Å². The third kappa shape index (κ3) is 3.44. The average molecular weight is 449 g/mol. The van der Waals surface area contributed by atoms with Gasteiger partial charge in [0.05, 0.1) is 20.4 Å². The lowest BCUT2D eigenvalue weighted by Crippen LogP contribution is -2.00. The number of nitrogens with zero attached hydrogens (tertiary/aromatic N) is 4. The molecule has 0 saturated heterocycles. The number of rotatable bonds is 4. The lowest BCUT2D eigenvalue weighted by atomic mass is 10.1. The lowest BCUT2D eigenvalue weighted by Gasteiger charge is -2.04. The van der Waals surface area contributed by atoms with E-state index in [1.165, 1.54) is 18.2 Å². The number of fused-ring (bicyclic) bond motifs is 1. The molecule has 2 aromatic carbocycles. The summed E-state index contributed by atoms with van der Waals surface area (Å²) in [4.78, 5) is 32.7. The standard InChI is InChI=1S/C16H9BrN4O7/c1-7-10-3-2-9(22)6-13(10)28-16(23)14(7)18-19-15-11(17)4-8(20(24)25)5-12(15)21(26)27/h2-6,22H,1H3. The largest absolute Gasteiger partial charge is 0.508 e. The van der Waals surface area contributed by atoms with Crippen LogP contribution in [0.5, 0.6) is 5.75 Å². The molecule has 0 radical (unpaired) electrons. The number of hydrogen-bond donors (Lipinski definition) is 1. The number of benzene rings is 2. The molecule has 0 unspecified atom stereocenters. The molecule has 0 amide bonds. The van der Waals surface area contributed by atoms with Crippen LogP contribution in [-0.2, 0) is 0 Å². The van der Waals surface area contributed by atoms with E-state index in [-0.39, 0.29) is 27.2 Å². The Morgan fingerprint density at radius 1 is 1.07 bits per heavy atom. The van der Waals surface area contributed by atoms with Crippen LogP contribution in [0, 0.1) is 27.2 Å². The number of aryl methyl sites for hydroxylation is 1. The number of nitro benzene ring substituents is 2. The van der Waals surface area contributed by atoms with Gasteiger partial charge in [-0.05, 0) is 40.5 Å². The van der Waals surface area contributed by atoms with Gasteiger partial charge in [0.2, 0.25) is 0 Å². The topological polar surface area (TPSA) is 161 Å². The molecule has 12 heteroatoms. The Morgan fingerprint density at radius 2 is 1.75 bits per heavy atom. The fourth-order valence-corrected chi connectivity index (χ4v) is 2.98. The van der Waals surface area contributed by atoms with Gasteiger partial charge in [0.15, 0.2) is 11.4 Å². The van der Waals surface area contributed by atoms with Gasteiger partial charge in [0.25, 0.3) is 5.69 Å². The Morgan fingerprint density at radius 3 is 2.39 bits per heavy atom.